The molecule has 1 heterocycles. The second kappa shape index (κ2) is 8.75. The third-order valence-electron chi connectivity index (χ3n) is 5.46. The molecule has 2 aromatic carbocycles. The maximum atomic E-state index is 13.3. The van der Waals surface area contributed by atoms with Crippen LogP contribution >= 0.6 is 0 Å². The van der Waals surface area contributed by atoms with Crippen LogP contribution < -0.4 is 14.8 Å². The van der Waals surface area contributed by atoms with Crippen molar-refractivity contribution in [2.24, 2.45) is 5.92 Å². The first-order chi connectivity index (χ1) is 15.5. The van der Waals surface area contributed by atoms with Gasteiger partial charge in [-0.1, -0.05) is 30.0 Å². The van der Waals surface area contributed by atoms with E-state index in [0.29, 0.717) is 17.1 Å². The van der Waals surface area contributed by atoms with Crippen LogP contribution in [0.25, 0.3) is 0 Å². The monoisotopic (exact) mass is 433 g/mol. The second-order valence-corrected chi connectivity index (χ2v) is 7.63. The standard InChI is InChI=1S/C25H23NO6/c1-3-31-23(28)25(26-22(27)17-11-13-18(30-2)14-12-17)20(15-10-16-8-9-16)19-6-4-5-7-21(19)32-24(25)29/h4-7,11-14,16,20H,3,8-9H2,1-2H3,(H,26,27)/t20-,25-/m0/s1. The predicted molar refractivity (Wildman–Crippen MR) is 115 cm³/mol. The number of methoxy groups -OCH3 is 1. The largest absolute Gasteiger partial charge is 0.497 e. The summed E-state index contributed by atoms with van der Waals surface area (Å²) in [6, 6.07) is 13.2. The van der Waals surface area contributed by atoms with Crippen LogP contribution in [-0.2, 0) is 14.3 Å². The fraction of sp³-hybridized carbons (Fsp3) is 0.320. The minimum Gasteiger partial charge on any atom is -0.497 e. The summed E-state index contributed by atoms with van der Waals surface area (Å²) in [6.07, 6.45) is 1.94. The first kappa shape index (κ1) is 21.4. The molecule has 164 valence electrons. The van der Waals surface area contributed by atoms with Gasteiger partial charge in [0, 0.05) is 17.0 Å². The van der Waals surface area contributed by atoms with Gasteiger partial charge in [0.2, 0.25) is 0 Å². The molecule has 1 amide bonds. The summed E-state index contributed by atoms with van der Waals surface area (Å²) < 4.78 is 15.9. The molecule has 0 radical (unpaired) electrons. The number of para-hydroxylation sites is 1. The number of amides is 1. The Hall–Kier alpha value is -3.79. The molecule has 7 heteroatoms. The van der Waals surface area contributed by atoms with Gasteiger partial charge in [0.05, 0.1) is 19.6 Å². The van der Waals surface area contributed by atoms with Crippen molar-refractivity contribution in [3.05, 3.63) is 59.7 Å². The highest BCUT2D eigenvalue weighted by molar-refractivity contribution is 6.13. The number of fused-ring (bicyclic) bond motifs is 1. The number of carbonyl (C=O) groups is 3. The van der Waals surface area contributed by atoms with Crippen LogP contribution in [0, 0.1) is 17.8 Å². The predicted octanol–water partition coefficient (Wildman–Crippen LogP) is 2.84. The van der Waals surface area contributed by atoms with Gasteiger partial charge in [0.15, 0.2) is 0 Å². The Balaban J connectivity index is 1.81. The van der Waals surface area contributed by atoms with E-state index in [1.165, 1.54) is 7.11 Å². The van der Waals surface area contributed by atoms with Crippen LogP contribution in [0.3, 0.4) is 0 Å². The molecule has 0 spiro atoms. The molecule has 0 bridgehead atoms. The van der Waals surface area contributed by atoms with Gasteiger partial charge >= 0.3 is 11.9 Å². The van der Waals surface area contributed by atoms with Gasteiger partial charge in [0.1, 0.15) is 11.5 Å². The Kier molecular flexibility index (Phi) is 5.87. The molecular weight excluding hydrogens is 410 g/mol. The summed E-state index contributed by atoms with van der Waals surface area (Å²) in [7, 11) is 1.52. The van der Waals surface area contributed by atoms with E-state index in [4.69, 9.17) is 14.2 Å². The topological polar surface area (TPSA) is 90.9 Å². The van der Waals surface area contributed by atoms with Crippen LogP contribution in [0.2, 0.25) is 0 Å². The number of rotatable bonds is 5. The molecule has 4 rings (SSSR count). The lowest BCUT2D eigenvalue weighted by atomic mass is 9.76. The summed E-state index contributed by atoms with van der Waals surface area (Å²) in [5.41, 5.74) is -1.35. The average molecular weight is 433 g/mol. The zero-order valence-corrected chi connectivity index (χ0v) is 17.8. The molecule has 2 atom stereocenters. The Morgan fingerprint density at radius 1 is 1.12 bits per heavy atom. The molecule has 1 aliphatic carbocycles. The maximum absolute atomic E-state index is 13.3. The van der Waals surface area contributed by atoms with E-state index >= 15 is 0 Å². The summed E-state index contributed by atoms with van der Waals surface area (Å²) in [4.78, 5) is 39.7. The van der Waals surface area contributed by atoms with Crippen molar-refractivity contribution in [3.8, 4) is 23.3 Å². The van der Waals surface area contributed by atoms with Crippen LogP contribution in [0.5, 0.6) is 11.5 Å². The van der Waals surface area contributed by atoms with Crippen molar-refractivity contribution in [2.45, 2.75) is 31.2 Å². The zero-order chi connectivity index (χ0) is 22.7. The molecule has 1 saturated carbocycles. The van der Waals surface area contributed by atoms with Crippen molar-refractivity contribution in [3.63, 3.8) is 0 Å². The smallest absolute Gasteiger partial charge is 0.350 e. The lowest BCUT2D eigenvalue weighted by Crippen LogP contribution is -2.66. The third kappa shape index (κ3) is 3.92. The first-order valence-corrected chi connectivity index (χ1v) is 10.5. The lowest BCUT2D eigenvalue weighted by molar-refractivity contribution is -0.162. The van der Waals surface area contributed by atoms with Crippen LogP contribution in [0.15, 0.2) is 48.5 Å². The van der Waals surface area contributed by atoms with Crippen molar-refractivity contribution >= 4 is 17.8 Å². The van der Waals surface area contributed by atoms with Crippen LogP contribution in [-0.4, -0.2) is 37.1 Å². The second-order valence-electron chi connectivity index (χ2n) is 7.63. The summed E-state index contributed by atoms with van der Waals surface area (Å²) >= 11 is 0. The SMILES string of the molecule is CCOC(=O)[C@]1(NC(=O)c2ccc(OC)cc2)C(=O)Oc2ccccc2[C@@H]1C#CC1CC1. The molecule has 1 aliphatic heterocycles. The Morgan fingerprint density at radius 2 is 1.84 bits per heavy atom. The average Bonchev–Trinajstić information content (AvgIpc) is 3.63. The van der Waals surface area contributed by atoms with Crippen LogP contribution in [0.4, 0.5) is 0 Å². The zero-order valence-electron chi connectivity index (χ0n) is 17.8. The Morgan fingerprint density at radius 3 is 2.50 bits per heavy atom. The summed E-state index contributed by atoms with van der Waals surface area (Å²) in [5, 5.41) is 2.62. The molecule has 0 unspecified atom stereocenters. The van der Waals surface area contributed by atoms with Gasteiger partial charge in [-0.2, -0.15) is 0 Å². The summed E-state index contributed by atoms with van der Waals surface area (Å²) in [6.45, 7) is 1.65. The van der Waals surface area contributed by atoms with Crippen molar-refractivity contribution in [2.75, 3.05) is 13.7 Å². The summed E-state index contributed by atoms with van der Waals surface area (Å²) in [5.74, 6) is 3.91. The van der Waals surface area contributed by atoms with E-state index < -0.39 is 29.3 Å². The molecule has 1 N–H and O–H groups in total. The number of ether oxygens (including phenoxy) is 3. The van der Waals surface area contributed by atoms with Crippen molar-refractivity contribution < 1.29 is 28.6 Å². The molecular formula is C25H23NO6. The fourth-order valence-electron chi connectivity index (χ4n) is 3.57. The van der Waals surface area contributed by atoms with E-state index in [1.807, 2.05) is 0 Å². The van der Waals surface area contributed by atoms with Crippen molar-refractivity contribution in [1.29, 1.82) is 0 Å². The highest BCUT2D eigenvalue weighted by atomic mass is 16.6. The number of hydrogen-bond acceptors (Lipinski definition) is 6. The first-order valence-electron chi connectivity index (χ1n) is 10.5. The highest BCUT2D eigenvalue weighted by Gasteiger charge is 2.60. The number of esters is 2. The Labute approximate surface area is 186 Å². The highest BCUT2D eigenvalue weighted by Crippen LogP contribution is 2.41. The molecule has 32 heavy (non-hydrogen) atoms. The minimum absolute atomic E-state index is 0.0245. The van der Waals surface area contributed by atoms with Gasteiger partial charge in [-0.25, -0.2) is 9.59 Å². The molecule has 0 aromatic heterocycles. The van der Waals surface area contributed by atoms with E-state index in [-0.39, 0.29) is 18.1 Å². The van der Waals surface area contributed by atoms with E-state index in [0.717, 1.165) is 12.8 Å². The third-order valence-corrected chi connectivity index (χ3v) is 5.46. The molecule has 7 nitrogen and oxygen atoms in total. The van der Waals surface area contributed by atoms with Gasteiger partial charge in [0.25, 0.3) is 11.4 Å². The van der Waals surface area contributed by atoms with Crippen LogP contribution in [0.1, 0.15) is 41.6 Å². The van der Waals surface area contributed by atoms with Gasteiger partial charge < -0.3 is 19.5 Å². The molecule has 1 fully saturated rings. The quantitative estimate of drug-likeness (QED) is 0.338. The minimum atomic E-state index is -2.14. The number of carbonyl (C=O) groups excluding carboxylic acids is 3. The molecule has 2 aromatic rings. The normalized spacial score (nSPS) is 21.3. The van der Waals surface area contributed by atoms with Gasteiger partial charge in [-0.15, -0.1) is 0 Å². The lowest BCUT2D eigenvalue weighted by Gasteiger charge is -2.38. The number of hydrogen-bond donors (Lipinski definition) is 1. The van der Waals surface area contributed by atoms with E-state index in [9.17, 15) is 14.4 Å². The van der Waals surface area contributed by atoms with E-state index in [2.05, 4.69) is 17.2 Å². The van der Waals surface area contributed by atoms with Gasteiger partial charge in [-0.3, -0.25) is 4.79 Å². The number of benzene rings is 2. The molecule has 0 saturated heterocycles. The Bertz CT molecular complexity index is 1110. The molecule has 2 aliphatic rings. The maximum Gasteiger partial charge on any atom is 0.350 e. The van der Waals surface area contributed by atoms with Gasteiger partial charge in [-0.05, 0) is 50.1 Å². The fourth-order valence-corrected chi connectivity index (χ4v) is 3.57. The number of nitrogens with one attached hydrogen (secondary N) is 1. The van der Waals surface area contributed by atoms with E-state index in [1.54, 1.807) is 55.5 Å². The van der Waals surface area contributed by atoms with Crippen molar-refractivity contribution in [1.82, 2.24) is 5.32 Å².